The number of aliphatic hydroxyl groups is 1. The molecule has 0 aromatic heterocycles. The van der Waals surface area contributed by atoms with Gasteiger partial charge in [-0.1, -0.05) is 43.7 Å². The molecule has 0 radical (unpaired) electrons. The quantitative estimate of drug-likeness (QED) is 0.451. The van der Waals surface area contributed by atoms with Crippen molar-refractivity contribution in [3.05, 3.63) is 36.5 Å². The van der Waals surface area contributed by atoms with Gasteiger partial charge >= 0.3 is 0 Å². The van der Waals surface area contributed by atoms with Gasteiger partial charge in [0.25, 0.3) is 0 Å². The van der Waals surface area contributed by atoms with Gasteiger partial charge in [0.2, 0.25) is 0 Å². The van der Waals surface area contributed by atoms with Gasteiger partial charge < -0.3 is 9.84 Å². The molecular weight excluding hydrogens is 286 g/mol. The molecule has 3 heteroatoms. The van der Waals surface area contributed by atoms with E-state index >= 15 is 0 Å². The summed E-state index contributed by atoms with van der Waals surface area (Å²) in [5, 5.41) is 13.1. The van der Waals surface area contributed by atoms with Gasteiger partial charge in [-0.15, -0.1) is 6.58 Å². The second-order valence-electron chi connectivity index (χ2n) is 6.10. The summed E-state index contributed by atoms with van der Waals surface area (Å²) >= 11 is 0. The third-order valence-electron chi connectivity index (χ3n) is 3.78. The lowest BCUT2D eigenvalue weighted by Gasteiger charge is -2.16. The molecule has 1 aliphatic rings. The van der Waals surface area contributed by atoms with Crippen molar-refractivity contribution in [2.45, 2.75) is 78.0 Å². The van der Waals surface area contributed by atoms with Gasteiger partial charge in [-0.05, 0) is 58.9 Å². The smallest absolute Gasteiger partial charge is 0.108 e. The lowest BCUT2D eigenvalue weighted by atomic mass is 10.0. The fraction of sp³-hybridized carbons (Fsp3) is 0.700. The Labute approximate surface area is 143 Å². The molecule has 1 heterocycles. The van der Waals surface area contributed by atoms with Crippen molar-refractivity contribution >= 4 is 0 Å². The Hall–Kier alpha value is -0.900. The molecule has 2 atom stereocenters. The van der Waals surface area contributed by atoms with Crippen LogP contribution in [-0.4, -0.2) is 30.1 Å². The van der Waals surface area contributed by atoms with Crippen molar-refractivity contribution in [3.63, 3.8) is 0 Å². The fourth-order valence-electron chi connectivity index (χ4n) is 2.23. The molecule has 0 aliphatic carbocycles. The van der Waals surface area contributed by atoms with E-state index in [0.29, 0.717) is 0 Å². The molecule has 0 aromatic rings. The first kappa shape index (κ1) is 22.1. The van der Waals surface area contributed by atoms with E-state index in [9.17, 15) is 5.11 Å². The maximum Gasteiger partial charge on any atom is 0.108 e. The molecule has 0 aromatic carbocycles. The number of ether oxygens (including phenoxy) is 1. The minimum Gasteiger partial charge on any atom is -0.386 e. The average Bonchev–Trinajstić information content (AvgIpc) is 3.07. The molecule has 3 nitrogen and oxygen atoms in total. The summed E-state index contributed by atoms with van der Waals surface area (Å²) in [6, 6.07) is 0. The van der Waals surface area contributed by atoms with E-state index in [1.54, 1.807) is 13.0 Å². The monoisotopic (exact) mass is 323 g/mol. The number of nitrogens with one attached hydrogen (secondary N) is 1. The van der Waals surface area contributed by atoms with Crippen LogP contribution in [0, 0.1) is 0 Å². The summed E-state index contributed by atoms with van der Waals surface area (Å²) < 4.78 is 5.78. The predicted molar refractivity (Wildman–Crippen MR) is 101 cm³/mol. The van der Waals surface area contributed by atoms with Gasteiger partial charge in [-0.3, -0.25) is 5.32 Å². The standard InChI is InChI=1S/C18H31NO2.C2H6/c1-4-18(3,20)13-9-7-5-6-8-11-16(2)15-21-17-12-10-14-19-17;1-2/h4-5,7,11,17,19-20H,1,6,8-10,12-15H2,2-3H3;1-2H3/b7-5+,16-11+;. The van der Waals surface area contributed by atoms with Crippen LogP contribution in [0.25, 0.3) is 0 Å². The number of hydrogen-bond donors (Lipinski definition) is 2. The van der Waals surface area contributed by atoms with Crippen molar-refractivity contribution in [1.82, 2.24) is 5.32 Å². The molecule has 1 aliphatic heterocycles. The lowest BCUT2D eigenvalue weighted by molar-refractivity contribution is 0.0593. The minimum absolute atomic E-state index is 0.255. The van der Waals surface area contributed by atoms with E-state index in [4.69, 9.17) is 4.74 Å². The zero-order valence-corrected chi connectivity index (χ0v) is 15.6. The Morgan fingerprint density at radius 2 is 2.00 bits per heavy atom. The van der Waals surface area contributed by atoms with E-state index in [1.165, 1.54) is 12.0 Å². The van der Waals surface area contributed by atoms with Crippen molar-refractivity contribution in [3.8, 4) is 0 Å². The topological polar surface area (TPSA) is 41.5 Å². The number of hydrogen-bond acceptors (Lipinski definition) is 3. The Balaban J connectivity index is 0.00000232. The van der Waals surface area contributed by atoms with Crippen LogP contribution >= 0.6 is 0 Å². The maximum absolute atomic E-state index is 9.77. The summed E-state index contributed by atoms with van der Waals surface area (Å²) in [5.74, 6) is 0. The predicted octanol–water partition coefficient (Wildman–Crippen LogP) is 4.74. The zero-order chi connectivity index (χ0) is 17.6. The molecule has 2 N–H and O–H groups in total. The number of allylic oxidation sites excluding steroid dienone is 3. The van der Waals surface area contributed by atoms with Crippen molar-refractivity contribution in [2.75, 3.05) is 13.2 Å². The molecule has 1 rings (SSSR count). The summed E-state index contributed by atoms with van der Waals surface area (Å²) in [4.78, 5) is 0. The second-order valence-corrected chi connectivity index (χ2v) is 6.10. The highest BCUT2D eigenvalue weighted by molar-refractivity contribution is 5.00. The molecule has 0 bridgehead atoms. The van der Waals surface area contributed by atoms with Crippen LogP contribution in [0.15, 0.2) is 36.5 Å². The van der Waals surface area contributed by atoms with Gasteiger partial charge in [-0.2, -0.15) is 0 Å². The van der Waals surface area contributed by atoms with E-state index in [1.807, 2.05) is 13.8 Å². The van der Waals surface area contributed by atoms with Gasteiger partial charge in [-0.25, -0.2) is 0 Å². The molecule has 1 fully saturated rings. The Morgan fingerprint density at radius 3 is 2.61 bits per heavy atom. The zero-order valence-electron chi connectivity index (χ0n) is 15.6. The highest BCUT2D eigenvalue weighted by atomic mass is 16.5. The minimum atomic E-state index is -0.744. The summed E-state index contributed by atoms with van der Waals surface area (Å²) in [7, 11) is 0. The molecule has 134 valence electrons. The van der Waals surface area contributed by atoms with Gasteiger partial charge in [0.15, 0.2) is 0 Å². The second kappa shape index (κ2) is 13.5. The van der Waals surface area contributed by atoms with E-state index in [2.05, 4.69) is 37.0 Å². The third kappa shape index (κ3) is 12.2. The SMILES string of the molecule is C=CC(C)(O)CC/C=C/CC/C=C(\C)COC1CCCN1.CC. The summed E-state index contributed by atoms with van der Waals surface area (Å²) in [6.07, 6.45) is 14.5. The lowest BCUT2D eigenvalue weighted by Crippen LogP contribution is -2.25. The van der Waals surface area contributed by atoms with E-state index < -0.39 is 5.60 Å². The van der Waals surface area contributed by atoms with Crippen LogP contribution in [0.1, 0.15) is 66.2 Å². The van der Waals surface area contributed by atoms with Crippen LogP contribution in [0.4, 0.5) is 0 Å². The van der Waals surface area contributed by atoms with E-state index in [-0.39, 0.29) is 6.23 Å². The molecule has 0 amide bonds. The summed E-state index contributed by atoms with van der Waals surface area (Å²) in [5.41, 5.74) is 0.554. The largest absolute Gasteiger partial charge is 0.386 e. The molecule has 23 heavy (non-hydrogen) atoms. The van der Waals surface area contributed by atoms with Crippen molar-refractivity contribution < 1.29 is 9.84 Å². The Bertz CT molecular complexity index is 353. The van der Waals surface area contributed by atoms with Crippen molar-refractivity contribution in [2.24, 2.45) is 0 Å². The molecule has 0 saturated carbocycles. The first-order valence-corrected chi connectivity index (χ1v) is 9.05. The third-order valence-corrected chi connectivity index (χ3v) is 3.78. The Kier molecular flexibility index (Phi) is 13.0. The highest BCUT2D eigenvalue weighted by Crippen LogP contribution is 2.13. The molecule has 0 spiro atoms. The number of rotatable bonds is 10. The van der Waals surface area contributed by atoms with Gasteiger partial charge in [0, 0.05) is 0 Å². The highest BCUT2D eigenvalue weighted by Gasteiger charge is 2.13. The van der Waals surface area contributed by atoms with Crippen LogP contribution in [-0.2, 0) is 4.74 Å². The molecule has 2 unspecified atom stereocenters. The normalized spacial score (nSPS) is 20.9. The first-order chi connectivity index (χ1) is 11.0. The average molecular weight is 324 g/mol. The van der Waals surface area contributed by atoms with Gasteiger partial charge in [0.1, 0.15) is 6.23 Å². The fourth-order valence-corrected chi connectivity index (χ4v) is 2.23. The Morgan fingerprint density at radius 1 is 1.30 bits per heavy atom. The van der Waals surface area contributed by atoms with Crippen LogP contribution in [0.2, 0.25) is 0 Å². The molecule has 1 saturated heterocycles. The first-order valence-electron chi connectivity index (χ1n) is 9.05. The van der Waals surface area contributed by atoms with Crippen molar-refractivity contribution in [1.29, 1.82) is 0 Å². The molecular formula is C20H37NO2. The number of unbranched alkanes of at least 4 members (excludes halogenated alkanes) is 1. The summed E-state index contributed by atoms with van der Waals surface area (Å²) in [6.45, 7) is 13.3. The van der Waals surface area contributed by atoms with Crippen LogP contribution in [0.5, 0.6) is 0 Å². The van der Waals surface area contributed by atoms with E-state index in [0.717, 1.165) is 45.3 Å². The van der Waals surface area contributed by atoms with Gasteiger partial charge in [0.05, 0.1) is 12.2 Å². The maximum atomic E-state index is 9.77. The van der Waals surface area contributed by atoms with Crippen LogP contribution in [0.3, 0.4) is 0 Å². The van der Waals surface area contributed by atoms with Crippen LogP contribution < -0.4 is 5.32 Å².